The van der Waals surface area contributed by atoms with E-state index in [9.17, 15) is 13.2 Å². The number of hydrogen-bond acceptors (Lipinski definition) is 2. The minimum absolute atomic E-state index is 0.146. The number of aromatic amines is 1. The maximum atomic E-state index is 12.3. The SMILES string of the molecule is CC.FC(F)(F)c1cnc(-c2ccc(Br)nc2)[nH]1. The highest BCUT2D eigenvalue weighted by Gasteiger charge is 2.33. The molecule has 0 radical (unpaired) electrons. The van der Waals surface area contributed by atoms with Gasteiger partial charge in [0.2, 0.25) is 0 Å². The van der Waals surface area contributed by atoms with Gasteiger partial charge in [0.05, 0.1) is 6.20 Å². The van der Waals surface area contributed by atoms with E-state index >= 15 is 0 Å². The van der Waals surface area contributed by atoms with Crippen LogP contribution in [0.5, 0.6) is 0 Å². The first-order valence-corrected chi connectivity index (χ1v) is 6.00. The number of rotatable bonds is 1. The first kappa shape index (κ1) is 14.7. The smallest absolute Gasteiger partial charge is 0.334 e. The zero-order valence-corrected chi connectivity index (χ0v) is 11.3. The Bertz CT molecular complexity index is 491. The molecule has 0 saturated carbocycles. The maximum Gasteiger partial charge on any atom is 0.432 e. The third-order valence-corrected chi connectivity index (χ3v) is 2.35. The summed E-state index contributed by atoms with van der Waals surface area (Å²) in [5, 5.41) is 0. The van der Waals surface area contributed by atoms with Crippen molar-refractivity contribution >= 4 is 15.9 Å². The molecule has 0 aliphatic rings. The average Bonchev–Trinajstić information content (AvgIpc) is 2.82. The van der Waals surface area contributed by atoms with Crippen molar-refractivity contribution in [3.8, 4) is 11.4 Å². The standard InChI is InChI=1S/C9H5BrF3N3.C2H6/c10-7-2-1-5(3-14-7)8-15-4-6(16-8)9(11,12)13;1-2/h1-4H,(H,15,16);1-2H3. The minimum atomic E-state index is -4.41. The molecule has 0 aromatic carbocycles. The lowest BCUT2D eigenvalue weighted by atomic mass is 10.3. The molecule has 2 aromatic rings. The van der Waals surface area contributed by atoms with Gasteiger partial charge in [-0.25, -0.2) is 9.97 Å². The zero-order valence-electron chi connectivity index (χ0n) is 9.72. The fraction of sp³-hybridized carbons (Fsp3) is 0.273. The third kappa shape index (κ3) is 3.56. The second-order valence-electron chi connectivity index (χ2n) is 3.01. The van der Waals surface area contributed by atoms with Gasteiger partial charge < -0.3 is 4.98 Å². The number of H-pyrrole nitrogens is 1. The highest BCUT2D eigenvalue weighted by atomic mass is 79.9. The molecule has 0 saturated heterocycles. The normalized spacial score (nSPS) is 10.8. The lowest BCUT2D eigenvalue weighted by molar-refractivity contribution is -0.140. The summed E-state index contributed by atoms with van der Waals surface area (Å²) < 4.78 is 37.5. The zero-order chi connectivity index (χ0) is 13.8. The van der Waals surface area contributed by atoms with Crippen molar-refractivity contribution in [2.75, 3.05) is 0 Å². The van der Waals surface area contributed by atoms with Crippen molar-refractivity contribution in [2.24, 2.45) is 0 Å². The summed E-state index contributed by atoms with van der Waals surface area (Å²) in [6.07, 6.45) is -2.21. The van der Waals surface area contributed by atoms with E-state index in [1.165, 1.54) is 6.20 Å². The van der Waals surface area contributed by atoms with Crippen molar-refractivity contribution in [1.29, 1.82) is 0 Å². The monoisotopic (exact) mass is 321 g/mol. The predicted molar refractivity (Wildman–Crippen MR) is 65.9 cm³/mol. The molecular weight excluding hydrogens is 311 g/mol. The average molecular weight is 322 g/mol. The molecule has 0 atom stereocenters. The van der Waals surface area contributed by atoms with Gasteiger partial charge in [0.1, 0.15) is 16.1 Å². The van der Waals surface area contributed by atoms with Crippen molar-refractivity contribution in [2.45, 2.75) is 20.0 Å². The summed E-state index contributed by atoms with van der Waals surface area (Å²) in [6.45, 7) is 4.00. The largest absolute Gasteiger partial charge is 0.432 e. The Hall–Kier alpha value is -1.37. The molecular formula is C11H11BrF3N3. The summed E-state index contributed by atoms with van der Waals surface area (Å²) in [5.74, 6) is 0.146. The number of pyridine rings is 1. The fourth-order valence-corrected chi connectivity index (χ4v) is 1.36. The number of nitrogens with one attached hydrogen (secondary N) is 1. The quantitative estimate of drug-likeness (QED) is 0.796. The van der Waals surface area contributed by atoms with E-state index in [1.807, 2.05) is 13.8 Å². The van der Waals surface area contributed by atoms with Crippen LogP contribution in [-0.2, 0) is 6.18 Å². The maximum absolute atomic E-state index is 12.3. The molecule has 2 aromatic heterocycles. The molecule has 0 unspecified atom stereocenters. The van der Waals surface area contributed by atoms with Gasteiger partial charge in [0.15, 0.2) is 0 Å². The van der Waals surface area contributed by atoms with E-state index in [0.717, 1.165) is 6.20 Å². The van der Waals surface area contributed by atoms with Crippen molar-refractivity contribution < 1.29 is 13.2 Å². The molecule has 0 aliphatic carbocycles. The van der Waals surface area contributed by atoms with E-state index in [4.69, 9.17) is 0 Å². The van der Waals surface area contributed by atoms with Crippen LogP contribution in [0.25, 0.3) is 11.4 Å². The van der Waals surface area contributed by atoms with Crippen LogP contribution in [0, 0.1) is 0 Å². The Kier molecular flexibility index (Phi) is 4.89. The van der Waals surface area contributed by atoms with Gasteiger partial charge in [-0.3, -0.25) is 0 Å². The summed E-state index contributed by atoms with van der Waals surface area (Å²) in [6, 6.07) is 3.25. The van der Waals surface area contributed by atoms with Gasteiger partial charge in [-0.15, -0.1) is 0 Å². The first-order valence-electron chi connectivity index (χ1n) is 5.21. The molecule has 2 heterocycles. The number of halogens is 4. The lowest BCUT2D eigenvalue weighted by Crippen LogP contribution is -2.04. The molecule has 0 fully saturated rings. The highest BCUT2D eigenvalue weighted by Crippen LogP contribution is 2.29. The van der Waals surface area contributed by atoms with Gasteiger partial charge in [-0.2, -0.15) is 13.2 Å². The second-order valence-corrected chi connectivity index (χ2v) is 3.83. The van der Waals surface area contributed by atoms with Crippen molar-refractivity contribution in [3.63, 3.8) is 0 Å². The summed E-state index contributed by atoms with van der Waals surface area (Å²) >= 11 is 3.13. The Balaban J connectivity index is 0.000000771. The third-order valence-electron chi connectivity index (χ3n) is 1.88. The Morgan fingerprint density at radius 3 is 2.22 bits per heavy atom. The summed E-state index contributed by atoms with van der Waals surface area (Å²) in [7, 11) is 0. The van der Waals surface area contributed by atoms with Crippen molar-refractivity contribution in [3.05, 3.63) is 34.8 Å². The van der Waals surface area contributed by atoms with Crippen LogP contribution in [0.1, 0.15) is 19.5 Å². The summed E-state index contributed by atoms with van der Waals surface area (Å²) in [4.78, 5) is 9.75. The molecule has 3 nitrogen and oxygen atoms in total. The van der Waals surface area contributed by atoms with Crippen LogP contribution in [0.2, 0.25) is 0 Å². The first-order chi connectivity index (χ1) is 8.47. The second kappa shape index (κ2) is 5.99. The molecule has 0 aliphatic heterocycles. The number of nitrogens with zero attached hydrogens (tertiary/aromatic N) is 2. The van der Waals surface area contributed by atoms with E-state index in [2.05, 4.69) is 30.9 Å². The molecule has 2 rings (SSSR count). The Labute approximate surface area is 111 Å². The van der Waals surface area contributed by atoms with E-state index in [0.29, 0.717) is 10.2 Å². The molecule has 1 N–H and O–H groups in total. The highest BCUT2D eigenvalue weighted by molar-refractivity contribution is 9.10. The van der Waals surface area contributed by atoms with Crippen LogP contribution in [-0.4, -0.2) is 15.0 Å². The number of hydrogen-bond donors (Lipinski definition) is 1. The van der Waals surface area contributed by atoms with Gasteiger partial charge in [0, 0.05) is 11.8 Å². The fourth-order valence-electron chi connectivity index (χ4n) is 1.13. The van der Waals surface area contributed by atoms with Crippen LogP contribution in [0.15, 0.2) is 29.1 Å². The van der Waals surface area contributed by atoms with Crippen LogP contribution in [0.4, 0.5) is 13.2 Å². The van der Waals surface area contributed by atoms with Gasteiger partial charge >= 0.3 is 6.18 Å². The molecule has 7 heteroatoms. The van der Waals surface area contributed by atoms with Gasteiger partial charge in [0.25, 0.3) is 0 Å². The van der Waals surface area contributed by atoms with Crippen molar-refractivity contribution in [1.82, 2.24) is 15.0 Å². The number of aromatic nitrogens is 3. The molecule has 98 valence electrons. The van der Waals surface area contributed by atoms with E-state index < -0.39 is 11.9 Å². The predicted octanol–water partition coefficient (Wildman–Crippen LogP) is 4.28. The van der Waals surface area contributed by atoms with Gasteiger partial charge in [-0.1, -0.05) is 13.8 Å². The summed E-state index contributed by atoms with van der Waals surface area (Å²) in [5.41, 5.74) is -0.371. The molecule has 18 heavy (non-hydrogen) atoms. The number of alkyl halides is 3. The molecule has 0 amide bonds. The Morgan fingerprint density at radius 1 is 1.11 bits per heavy atom. The van der Waals surface area contributed by atoms with E-state index in [-0.39, 0.29) is 5.82 Å². The van der Waals surface area contributed by atoms with Gasteiger partial charge in [-0.05, 0) is 28.1 Å². The van der Waals surface area contributed by atoms with E-state index in [1.54, 1.807) is 12.1 Å². The van der Waals surface area contributed by atoms with Crippen LogP contribution >= 0.6 is 15.9 Å². The minimum Gasteiger partial charge on any atom is -0.334 e. The molecule has 0 bridgehead atoms. The van der Waals surface area contributed by atoms with Crippen LogP contribution in [0.3, 0.4) is 0 Å². The van der Waals surface area contributed by atoms with Crippen LogP contribution < -0.4 is 0 Å². The molecule has 0 spiro atoms. The number of imidazole rings is 1. The topological polar surface area (TPSA) is 41.6 Å². The lowest BCUT2D eigenvalue weighted by Gasteiger charge is -2.01. The Morgan fingerprint density at radius 2 is 1.78 bits per heavy atom.